The Bertz CT molecular complexity index is 687. The second-order valence-electron chi connectivity index (χ2n) is 5.40. The van der Waals surface area contributed by atoms with Crippen LogP contribution in [0, 0.1) is 0 Å². The van der Waals surface area contributed by atoms with Crippen LogP contribution in [-0.4, -0.2) is 23.1 Å². The predicted molar refractivity (Wildman–Crippen MR) is 83.8 cm³/mol. The topological polar surface area (TPSA) is 88.8 Å². The first kappa shape index (κ1) is 16.6. The Balaban J connectivity index is 2.01. The quantitative estimate of drug-likeness (QED) is 0.853. The molecule has 0 saturated heterocycles. The van der Waals surface area contributed by atoms with Gasteiger partial charge < -0.3 is 19.6 Å². The van der Waals surface area contributed by atoms with Crippen molar-refractivity contribution in [3.63, 3.8) is 0 Å². The molecule has 23 heavy (non-hydrogen) atoms. The van der Waals surface area contributed by atoms with Crippen LogP contribution >= 0.6 is 0 Å². The maximum absolute atomic E-state index is 12.1. The van der Waals surface area contributed by atoms with Gasteiger partial charge in [0.1, 0.15) is 5.75 Å². The second-order valence-corrected chi connectivity index (χ2v) is 5.40. The van der Waals surface area contributed by atoms with Crippen molar-refractivity contribution in [3.05, 3.63) is 53.5 Å². The van der Waals surface area contributed by atoms with Crippen molar-refractivity contribution in [3.8, 4) is 5.75 Å². The molecule has 1 aromatic heterocycles. The standard InChI is InChI=1S/C17H19NO5/c1-10(2)22-13-6-4-12(5-7-13)11(3)18-16(19)14-8-9-15(23-14)17(20)21/h4-11H,1-3H3,(H,18,19)(H,20,21). The summed E-state index contributed by atoms with van der Waals surface area (Å²) in [5.41, 5.74) is 0.902. The summed E-state index contributed by atoms with van der Waals surface area (Å²) < 4.78 is 10.5. The minimum atomic E-state index is -1.21. The Kier molecular flexibility index (Phi) is 5.05. The van der Waals surface area contributed by atoms with Gasteiger partial charge in [-0.05, 0) is 50.6 Å². The fourth-order valence-electron chi connectivity index (χ4n) is 2.03. The highest BCUT2D eigenvalue weighted by atomic mass is 16.5. The van der Waals surface area contributed by atoms with Crippen LogP contribution in [0.5, 0.6) is 5.75 Å². The van der Waals surface area contributed by atoms with Crippen LogP contribution in [0.2, 0.25) is 0 Å². The van der Waals surface area contributed by atoms with E-state index < -0.39 is 11.9 Å². The normalized spacial score (nSPS) is 12.0. The summed E-state index contributed by atoms with van der Waals surface area (Å²) in [5, 5.41) is 11.5. The van der Waals surface area contributed by atoms with Crippen LogP contribution in [0.25, 0.3) is 0 Å². The van der Waals surface area contributed by atoms with Crippen molar-refractivity contribution < 1.29 is 23.8 Å². The first-order valence-corrected chi connectivity index (χ1v) is 7.27. The molecule has 0 bridgehead atoms. The van der Waals surface area contributed by atoms with Crippen LogP contribution in [0.3, 0.4) is 0 Å². The zero-order valence-corrected chi connectivity index (χ0v) is 13.2. The van der Waals surface area contributed by atoms with Gasteiger partial charge in [0.2, 0.25) is 5.76 Å². The molecule has 0 aliphatic rings. The largest absolute Gasteiger partial charge is 0.491 e. The van der Waals surface area contributed by atoms with Gasteiger partial charge in [0.25, 0.3) is 5.91 Å². The number of furan rings is 1. The van der Waals surface area contributed by atoms with Crippen LogP contribution in [-0.2, 0) is 0 Å². The van der Waals surface area contributed by atoms with Crippen molar-refractivity contribution in [1.82, 2.24) is 5.32 Å². The van der Waals surface area contributed by atoms with E-state index in [0.717, 1.165) is 11.3 Å². The Morgan fingerprint density at radius 2 is 1.65 bits per heavy atom. The zero-order valence-electron chi connectivity index (χ0n) is 13.2. The summed E-state index contributed by atoms with van der Waals surface area (Å²) >= 11 is 0. The summed E-state index contributed by atoms with van der Waals surface area (Å²) in [7, 11) is 0. The number of hydrogen-bond donors (Lipinski definition) is 2. The molecule has 1 aromatic carbocycles. The Morgan fingerprint density at radius 3 is 2.17 bits per heavy atom. The highest BCUT2D eigenvalue weighted by Crippen LogP contribution is 2.19. The highest BCUT2D eigenvalue weighted by Gasteiger charge is 2.17. The Hall–Kier alpha value is -2.76. The lowest BCUT2D eigenvalue weighted by Crippen LogP contribution is -2.26. The van der Waals surface area contributed by atoms with E-state index >= 15 is 0 Å². The van der Waals surface area contributed by atoms with Crippen molar-refractivity contribution >= 4 is 11.9 Å². The summed E-state index contributed by atoms with van der Waals surface area (Å²) in [5.74, 6) is -1.21. The van der Waals surface area contributed by atoms with E-state index in [1.807, 2.05) is 45.0 Å². The molecule has 1 heterocycles. The lowest BCUT2D eigenvalue weighted by Gasteiger charge is -2.15. The van der Waals surface area contributed by atoms with Crippen LogP contribution < -0.4 is 10.1 Å². The summed E-state index contributed by atoms with van der Waals surface area (Å²) in [6.07, 6.45) is 0.0976. The van der Waals surface area contributed by atoms with Gasteiger partial charge in [-0.25, -0.2) is 4.79 Å². The second kappa shape index (κ2) is 7.00. The molecule has 2 rings (SSSR count). The third-order valence-corrected chi connectivity index (χ3v) is 3.14. The highest BCUT2D eigenvalue weighted by molar-refractivity contribution is 5.93. The van der Waals surface area contributed by atoms with Crippen LogP contribution in [0.4, 0.5) is 0 Å². The molecule has 122 valence electrons. The Morgan fingerprint density at radius 1 is 1.04 bits per heavy atom. The predicted octanol–water partition coefficient (Wildman–Crippen LogP) is 3.26. The van der Waals surface area contributed by atoms with Crippen LogP contribution in [0.1, 0.15) is 53.5 Å². The van der Waals surface area contributed by atoms with Crippen molar-refractivity contribution in [2.75, 3.05) is 0 Å². The lowest BCUT2D eigenvalue weighted by molar-refractivity contribution is 0.0659. The van der Waals surface area contributed by atoms with E-state index in [1.54, 1.807) is 0 Å². The number of benzene rings is 1. The maximum atomic E-state index is 12.1. The smallest absolute Gasteiger partial charge is 0.371 e. The summed E-state index contributed by atoms with van der Waals surface area (Å²) in [6.45, 7) is 5.73. The number of carboxylic acids is 1. The van der Waals surface area contributed by atoms with Gasteiger partial charge in [0, 0.05) is 0 Å². The molecule has 0 fully saturated rings. The van der Waals surface area contributed by atoms with E-state index in [2.05, 4.69) is 5.32 Å². The number of carbonyl (C=O) groups is 2. The van der Waals surface area contributed by atoms with Gasteiger partial charge in [-0.15, -0.1) is 0 Å². The first-order chi connectivity index (χ1) is 10.9. The number of nitrogens with one attached hydrogen (secondary N) is 1. The number of aromatic carboxylic acids is 1. The van der Waals surface area contributed by atoms with Gasteiger partial charge in [-0.2, -0.15) is 0 Å². The summed E-state index contributed by atoms with van der Waals surface area (Å²) in [4.78, 5) is 22.8. The molecule has 6 nitrogen and oxygen atoms in total. The van der Waals surface area contributed by atoms with Gasteiger partial charge in [0.05, 0.1) is 12.1 Å². The SMILES string of the molecule is CC(C)Oc1ccc(C(C)NC(=O)c2ccc(C(=O)O)o2)cc1. The molecule has 1 unspecified atom stereocenters. The van der Waals surface area contributed by atoms with E-state index in [9.17, 15) is 9.59 Å². The van der Waals surface area contributed by atoms with E-state index in [1.165, 1.54) is 12.1 Å². The molecule has 2 N–H and O–H groups in total. The molecule has 0 spiro atoms. The fourth-order valence-corrected chi connectivity index (χ4v) is 2.03. The molecule has 0 aliphatic heterocycles. The number of amides is 1. The van der Waals surface area contributed by atoms with E-state index in [4.69, 9.17) is 14.3 Å². The maximum Gasteiger partial charge on any atom is 0.371 e. The molecule has 0 radical (unpaired) electrons. The molecule has 6 heteroatoms. The monoisotopic (exact) mass is 317 g/mol. The molecule has 0 aliphatic carbocycles. The molecular formula is C17H19NO5. The number of carboxylic acid groups (broad SMARTS) is 1. The summed E-state index contributed by atoms with van der Waals surface area (Å²) in [6, 6.07) is 9.75. The average molecular weight is 317 g/mol. The zero-order chi connectivity index (χ0) is 17.0. The number of ether oxygens (including phenoxy) is 1. The van der Waals surface area contributed by atoms with Crippen molar-refractivity contribution in [2.45, 2.75) is 32.9 Å². The van der Waals surface area contributed by atoms with Crippen molar-refractivity contribution in [2.24, 2.45) is 0 Å². The molecule has 2 aromatic rings. The third-order valence-electron chi connectivity index (χ3n) is 3.14. The van der Waals surface area contributed by atoms with Crippen LogP contribution in [0.15, 0.2) is 40.8 Å². The molecular weight excluding hydrogens is 298 g/mol. The minimum absolute atomic E-state index is 0.0333. The molecule has 1 atom stereocenters. The van der Waals surface area contributed by atoms with Gasteiger partial charge in [0.15, 0.2) is 5.76 Å². The number of rotatable bonds is 6. The average Bonchev–Trinajstić information content (AvgIpc) is 2.97. The fraction of sp³-hybridized carbons (Fsp3) is 0.294. The van der Waals surface area contributed by atoms with Crippen molar-refractivity contribution in [1.29, 1.82) is 0 Å². The Labute approximate surface area is 134 Å². The van der Waals surface area contributed by atoms with E-state index in [0.29, 0.717) is 0 Å². The first-order valence-electron chi connectivity index (χ1n) is 7.27. The van der Waals surface area contributed by atoms with Gasteiger partial charge >= 0.3 is 5.97 Å². The van der Waals surface area contributed by atoms with Gasteiger partial charge in [-0.3, -0.25) is 4.79 Å². The minimum Gasteiger partial charge on any atom is -0.491 e. The van der Waals surface area contributed by atoms with Gasteiger partial charge in [-0.1, -0.05) is 12.1 Å². The molecule has 1 amide bonds. The number of hydrogen-bond acceptors (Lipinski definition) is 4. The number of carbonyl (C=O) groups excluding carboxylic acids is 1. The lowest BCUT2D eigenvalue weighted by atomic mass is 10.1. The third kappa shape index (κ3) is 4.35. The molecule has 0 saturated carbocycles. The van der Waals surface area contributed by atoms with E-state index in [-0.39, 0.29) is 23.7 Å².